The Morgan fingerprint density at radius 3 is 2.35 bits per heavy atom. The summed E-state index contributed by atoms with van der Waals surface area (Å²) >= 11 is 0. The van der Waals surface area contributed by atoms with E-state index < -0.39 is 101 Å². The molecule has 3 rings (SSSR count). The second-order valence-corrected chi connectivity index (χ2v) is 11.3. The van der Waals surface area contributed by atoms with Crippen molar-refractivity contribution >= 4 is 21.6 Å². The number of aliphatic hydroxyl groups excluding tert-OH is 5. The molecule has 20 nitrogen and oxygen atoms in total. The highest BCUT2D eigenvalue weighted by atomic mass is 31.3. The molecule has 3 heterocycles. The highest BCUT2D eigenvalue weighted by Gasteiger charge is 2.48. The number of carbonyl (C=O) groups excluding carboxylic acids is 1. The molecule has 2 aliphatic rings. The number of rotatable bonds is 11. The average Bonchev–Trinajstić information content (AvgIpc) is 3.14. The summed E-state index contributed by atoms with van der Waals surface area (Å²) in [6.07, 6.45) is -12.9. The number of amides is 1. The van der Waals surface area contributed by atoms with Gasteiger partial charge in [0, 0.05) is 12.3 Å². The number of H-pyrrole nitrogens is 1. The Kier molecular flexibility index (Phi) is 10.4. The number of ether oxygens (including phenoxy) is 2. The fourth-order valence-electron chi connectivity index (χ4n) is 3.73. The van der Waals surface area contributed by atoms with Gasteiger partial charge in [0.25, 0.3) is 21.2 Å². The van der Waals surface area contributed by atoms with Gasteiger partial charge in [-0.05, 0) is 6.08 Å². The van der Waals surface area contributed by atoms with Gasteiger partial charge >= 0.3 is 5.69 Å². The molecule has 2 fully saturated rings. The van der Waals surface area contributed by atoms with E-state index in [1.807, 2.05) is 10.3 Å². The predicted molar refractivity (Wildman–Crippen MR) is 120 cm³/mol. The zero-order valence-electron chi connectivity index (χ0n) is 20.0. The second-order valence-electron chi connectivity index (χ2n) is 8.39. The van der Waals surface area contributed by atoms with Gasteiger partial charge in [0.1, 0.15) is 42.7 Å². The van der Waals surface area contributed by atoms with Gasteiger partial charge < -0.3 is 54.6 Å². The van der Waals surface area contributed by atoms with Crippen molar-refractivity contribution in [2.24, 2.45) is 0 Å². The van der Waals surface area contributed by atoms with E-state index in [-0.39, 0.29) is 0 Å². The smallest absolute Gasteiger partial charge is 0.330 e. The highest BCUT2D eigenvalue weighted by molar-refractivity contribution is 7.59. The maximum Gasteiger partial charge on any atom is 0.330 e. The van der Waals surface area contributed by atoms with Crippen LogP contribution in [0.2, 0.25) is 0 Å². The first kappa shape index (κ1) is 32.4. The topological polar surface area (TPSA) is 312 Å². The quantitative estimate of drug-likeness (QED) is 0.0898. The molecule has 0 aromatic carbocycles. The summed E-state index contributed by atoms with van der Waals surface area (Å²) in [6, 6.07) is -0.914. The molecule has 1 aromatic heterocycles. The highest BCUT2D eigenvalue weighted by Crippen LogP contribution is 2.57. The minimum absolute atomic E-state index is 0.693. The molecule has 1 amide bonds. The van der Waals surface area contributed by atoms with Crippen molar-refractivity contribution in [2.75, 3.05) is 13.2 Å². The van der Waals surface area contributed by atoms with Crippen LogP contribution in [0.1, 0.15) is 6.23 Å². The van der Waals surface area contributed by atoms with Gasteiger partial charge in [-0.2, -0.15) is 0 Å². The fourth-order valence-corrected chi connectivity index (χ4v) is 5.82. The lowest BCUT2D eigenvalue weighted by atomic mass is 9.97. The van der Waals surface area contributed by atoms with Crippen molar-refractivity contribution in [3.05, 3.63) is 45.8 Å². The number of aromatic amines is 1. The van der Waals surface area contributed by atoms with Gasteiger partial charge in [0.05, 0.1) is 13.2 Å². The molecule has 1 aromatic rings. The predicted octanol–water partition coefficient (Wildman–Crippen LogP) is -5.75. The molecule has 0 spiro atoms. The summed E-state index contributed by atoms with van der Waals surface area (Å²) in [6.45, 7) is 1.07. The molecule has 22 heteroatoms. The van der Waals surface area contributed by atoms with Crippen LogP contribution < -0.4 is 26.4 Å². The lowest BCUT2D eigenvalue weighted by molar-refractivity contribution is -0.284. The van der Waals surface area contributed by atoms with Gasteiger partial charge in [-0.1, -0.05) is 6.58 Å². The largest absolute Gasteiger partial charge is 0.756 e. The number of aliphatic hydroxyl groups is 5. The molecular formula is C18H25N3O17P2-2. The van der Waals surface area contributed by atoms with Crippen molar-refractivity contribution in [3.63, 3.8) is 0 Å². The van der Waals surface area contributed by atoms with Crippen molar-refractivity contribution in [3.8, 4) is 0 Å². The first-order chi connectivity index (χ1) is 18.6. The van der Waals surface area contributed by atoms with Crippen molar-refractivity contribution < 1.29 is 72.1 Å². The number of phosphoric ester groups is 2. The number of phosphoric acid groups is 2. The first-order valence-corrected chi connectivity index (χ1v) is 14.1. The number of carbonyl (C=O) groups is 1. The van der Waals surface area contributed by atoms with E-state index in [0.717, 1.165) is 18.3 Å². The Bertz CT molecular complexity index is 1290. The zero-order valence-corrected chi connectivity index (χ0v) is 21.8. The van der Waals surface area contributed by atoms with Crippen LogP contribution in [-0.2, 0) is 36.8 Å². The Hall–Kier alpha value is -2.13. The molecule has 7 N–H and O–H groups in total. The van der Waals surface area contributed by atoms with Crippen LogP contribution in [0.15, 0.2) is 34.5 Å². The third-order valence-corrected chi connectivity index (χ3v) is 8.20. The molecule has 40 heavy (non-hydrogen) atoms. The minimum atomic E-state index is -5.97. The van der Waals surface area contributed by atoms with Crippen LogP contribution in [0.5, 0.6) is 0 Å². The molecule has 2 aliphatic heterocycles. The number of hydrogen-bond acceptors (Lipinski definition) is 17. The van der Waals surface area contributed by atoms with E-state index in [2.05, 4.69) is 19.9 Å². The molecule has 226 valence electrons. The van der Waals surface area contributed by atoms with Gasteiger partial charge in [-0.15, -0.1) is 0 Å². The zero-order chi connectivity index (χ0) is 30.0. The summed E-state index contributed by atoms with van der Waals surface area (Å²) in [5, 5.41) is 51.9. The summed E-state index contributed by atoms with van der Waals surface area (Å²) in [5.74, 6) is -0.977. The number of nitrogens with zero attached hydrogens (tertiary/aromatic N) is 1. The summed E-state index contributed by atoms with van der Waals surface area (Å²) in [4.78, 5) is 61.2. The third kappa shape index (κ3) is 7.58. The Morgan fingerprint density at radius 2 is 1.75 bits per heavy atom. The van der Waals surface area contributed by atoms with Gasteiger partial charge in [-0.3, -0.25) is 32.8 Å². The Balaban J connectivity index is 1.67. The Labute approximate surface area is 223 Å². The van der Waals surface area contributed by atoms with Crippen LogP contribution >= 0.6 is 15.6 Å². The van der Waals surface area contributed by atoms with E-state index >= 15 is 0 Å². The first-order valence-electron chi connectivity index (χ1n) is 11.1. The molecule has 0 bridgehead atoms. The molecular weight excluding hydrogens is 592 g/mol. The van der Waals surface area contributed by atoms with Gasteiger partial charge in [-0.25, -0.2) is 9.11 Å². The van der Waals surface area contributed by atoms with Crippen LogP contribution in [0, 0.1) is 0 Å². The number of nitrogens with one attached hydrogen (secondary N) is 2. The average molecular weight is 617 g/mol. The summed E-state index contributed by atoms with van der Waals surface area (Å²) in [5.41, 5.74) is -1.80. The van der Waals surface area contributed by atoms with E-state index in [1.54, 1.807) is 0 Å². The lowest BCUT2D eigenvalue weighted by Crippen LogP contribution is -2.64. The van der Waals surface area contributed by atoms with Crippen molar-refractivity contribution in [1.29, 1.82) is 0 Å². The normalized spacial score (nSPS) is 35.4. The van der Waals surface area contributed by atoms with Crippen LogP contribution in [0.4, 0.5) is 0 Å². The van der Waals surface area contributed by atoms with E-state index in [0.29, 0.717) is 4.57 Å². The fraction of sp³-hybridized carbons (Fsp3) is 0.611. The van der Waals surface area contributed by atoms with E-state index in [9.17, 15) is 58.8 Å². The molecule has 0 saturated carbocycles. The van der Waals surface area contributed by atoms with Crippen molar-refractivity contribution in [1.82, 2.24) is 14.9 Å². The lowest BCUT2D eigenvalue weighted by Gasteiger charge is -2.44. The maximum atomic E-state index is 12.3. The molecule has 11 atom stereocenters. The molecule has 2 unspecified atom stereocenters. The summed E-state index contributed by atoms with van der Waals surface area (Å²) < 4.78 is 48.3. The SMILES string of the molecule is C=CC(=O)N[C@H]1[C@@H](OP(=O)([O-])OP(=O)([O-])OC[C@H]2O[C@@H](n3ccc(=O)[nH]c3=O)[C@H](O)[C@@H]2O)O[C@H](CO)[C@@H](O)[C@@H]1O. The van der Waals surface area contributed by atoms with E-state index in [1.165, 1.54) is 0 Å². The number of hydrogen-bond donors (Lipinski definition) is 7. The summed E-state index contributed by atoms with van der Waals surface area (Å²) in [7, 11) is -11.8. The second kappa shape index (κ2) is 12.8. The standard InChI is InChI=1S/C18H27N3O17P2/c1-2-9(23)19-11-14(27)12(25)7(5-22)36-17(11)37-40(32,33)38-39(30,31)34-6-8-13(26)15(28)16(35-8)21-4-3-10(24)20-18(21)29/h2-4,7-8,11-17,22,25-28H,1,5-6H2,(H,19,23)(H,30,31)(H,32,33)(H,20,24,29)/p-2/t7-,8-,11-,12-,13-,14-,15-,16-,17-/m1/s1. The van der Waals surface area contributed by atoms with Gasteiger partial charge in [0.2, 0.25) is 5.91 Å². The molecule has 0 radical (unpaired) electrons. The van der Waals surface area contributed by atoms with E-state index in [4.69, 9.17) is 9.47 Å². The molecule has 0 aliphatic carbocycles. The van der Waals surface area contributed by atoms with Crippen LogP contribution in [0.3, 0.4) is 0 Å². The van der Waals surface area contributed by atoms with Crippen LogP contribution in [-0.4, -0.2) is 103 Å². The van der Waals surface area contributed by atoms with Crippen molar-refractivity contribution in [2.45, 2.75) is 55.2 Å². The maximum absolute atomic E-state index is 12.3. The minimum Gasteiger partial charge on any atom is -0.756 e. The number of aromatic nitrogens is 2. The van der Waals surface area contributed by atoms with Crippen LogP contribution in [0.25, 0.3) is 0 Å². The third-order valence-electron chi connectivity index (χ3n) is 5.67. The van der Waals surface area contributed by atoms with Gasteiger partial charge in [0.15, 0.2) is 12.5 Å². The monoisotopic (exact) mass is 617 g/mol. The molecule has 2 saturated heterocycles. The Morgan fingerprint density at radius 1 is 1.10 bits per heavy atom.